The van der Waals surface area contributed by atoms with Crippen LogP contribution in [0.1, 0.15) is 65.3 Å². The standard InChI is InChI=1S/C32H28Br2/c1-18-6-13-25-29(19(18)2)30-20(3)31(4,5)15-14-26(30)32(25)27-16-23(33)11-9-21(27)7-8-22-10-12-24(34)17-28(22)32/h6-17,20H,1-5H3. The van der Waals surface area contributed by atoms with Gasteiger partial charge < -0.3 is 0 Å². The summed E-state index contributed by atoms with van der Waals surface area (Å²) < 4.78 is 2.23. The van der Waals surface area contributed by atoms with Crippen molar-refractivity contribution in [1.82, 2.24) is 0 Å². The van der Waals surface area contributed by atoms with E-state index in [4.69, 9.17) is 0 Å². The highest BCUT2D eigenvalue weighted by molar-refractivity contribution is 9.10. The Labute approximate surface area is 219 Å². The highest BCUT2D eigenvalue weighted by Crippen LogP contribution is 2.63. The van der Waals surface area contributed by atoms with Crippen LogP contribution in [0.5, 0.6) is 0 Å². The molecule has 6 rings (SSSR count). The highest BCUT2D eigenvalue weighted by Gasteiger charge is 2.52. The van der Waals surface area contributed by atoms with Crippen LogP contribution in [0, 0.1) is 25.2 Å². The molecule has 0 fully saturated rings. The predicted octanol–water partition coefficient (Wildman–Crippen LogP) is 9.65. The molecule has 3 aromatic rings. The van der Waals surface area contributed by atoms with Crippen molar-refractivity contribution in [1.29, 1.82) is 0 Å². The molecule has 0 bridgehead atoms. The van der Waals surface area contributed by atoms with E-state index >= 15 is 0 Å². The Balaban J connectivity index is 1.88. The number of rotatable bonds is 0. The Bertz CT molecular complexity index is 1420. The molecule has 3 aliphatic rings. The minimum atomic E-state index is -0.369. The third-order valence-electron chi connectivity index (χ3n) is 8.61. The molecular weight excluding hydrogens is 544 g/mol. The van der Waals surface area contributed by atoms with Crippen LogP contribution in [0.2, 0.25) is 0 Å². The van der Waals surface area contributed by atoms with Gasteiger partial charge in [0.2, 0.25) is 0 Å². The molecule has 3 aliphatic carbocycles. The van der Waals surface area contributed by atoms with Crippen molar-refractivity contribution in [2.24, 2.45) is 11.3 Å². The molecule has 0 radical (unpaired) electrons. The predicted molar refractivity (Wildman–Crippen MR) is 152 cm³/mol. The normalized spacial score (nSPS) is 20.6. The van der Waals surface area contributed by atoms with Gasteiger partial charge in [-0.3, -0.25) is 0 Å². The van der Waals surface area contributed by atoms with E-state index in [1.807, 2.05) is 0 Å². The van der Waals surface area contributed by atoms with Crippen LogP contribution >= 0.6 is 31.9 Å². The Morgan fingerprint density at radius 1 is 0.735 bits per heavy atom. The van der Waals surface area contributed by atoms with Gasteiger partial charge in [-0.1, -0.05) is 101 Å². The lowest BCUT2D eigenvalue weighted by Crippen LogP contribution is -2.32. The maximum Gasteiger partial charge on any atom is 0.0722 e. The first-order valence-corrected chi connectivity index (χ1v) is 13.6. The molecule has 0 aliphatic heterocycles. The van der Waals surface area contributed by atoms with Crippen LogP contribution in [0.3, 0.4) is 0 Å². The van der Waals surface area contributed by atoms with Crippen LogP contribution in [0.25, 0.3) is 17.7 Å². The van der Waals surface area contributed by atoms with Crippen molar-refractivity contribution < 1.29 is 0 Å². The third-order valence-corrected chi connectivity index (χ3v) is 9.60. The van der Waals surface area contributed by atoms with Gasteiger partial charge in [0.05, 0.1) is 5.41 Å². The van der Waals surface area contributed by atoms with Gasteiger partial charge in [0.15, 0.2) is 0 Å². The van der Waals surface area contributed by atoms with Crippen LogP contribution < -0.4 is 0 Å². The number of fused-ring (bicyclic) bond motifs is 8. The number of halogens is 2. The van der Waals surface area contributed by atoms with Crippen molar-refractivity contribution in [3.8, 4) is 0 Å². The summed E-state index contributed by atoms with van der Waals surface area (Å²) in [6.07, 6.45) is 9.48. The molecular formula is C32H28Br2. The lowest BCUT2D eigenvalue weighted by Gasteiger charge is -2.39. The molecule has 1 unspecified atom stereocenters. The quantitative estimate of drug-likeness (QED) is 0.252. The summed E-state index contributed by atoms with van der Waals surface area (Å²) in [6.45, 7) is 11.7. The van der Waals surface area contributed by atoms with E-state index in [1.54, 1.807) is 0 Å². The maximum atomic E-state index is 3.82. The summed E-state index contributed by atoms with van der Waals surface area (Å²) in [7, 11) is 0. The zero-order chi connectivity index (χ0) is 24.0. The lowest BCUT2D eigenvalue weighted by molar-refractivity contribution is 0.373. The Morgan fingerprint density at radius 2 is 1.32 bits per heavy atom. The fraction of sp³-hybridized carbons (Fsp3) is 0.250. The zero-order valence-corrected chi connectivity index (χ0v) is 23.4. The first kappa shape index (κ1) is 22.3. The fourth-order valence-electron chi connectivity index (χ4n) is 6.34. The fourth-order valence-corrected chi connectivity index (χ4v) is 7.06. The summed E-state index contributed by atoms with van der Waals surface area (Å²) in [5.41, 5.74) is 13.6. The molecule has 0 aromatic heterocycles. The first-order valence-electron chi connectivity index (χ1n) is 12.0. The number of aryl methyl sites for hydroxylation is 1. The van der Waals surface area contributed by atoms with Crippen LogP contribution in [0.15, 0.2) is 75.2 Å². The van der Waals surface area contributed by atoms with Gasteiger partial charge in [0.25, 0.3) is 0 Å². The topological polar surface area (TPSA) is 0 Å². The Hall–Kier alpha value is -2.16. The van der Waals surface area contributed by atoms with Crippen molar-refractivity contribution in [3.63, 3.8) is 0 Å². The SMILES string of the molecule is Cc1ccc2c(c1C)C1=C(C=CC(C)(C)C1C)C21c2cc(Br)ccc2C=Cc2ccc(Br)cc21. The van der Waals surface area contributed by atoms with E-state index in [9.17, 15) is 0 Å². The monoisotopic (exact) mass is 570 g/mol. The number of hydrogen-bond acceptors (Lipinski definition) is 0. The molecule has 0 N–H and O–H groups in total. The largest absolute Gasteiger partial charge is 0.0779 e. The second-order valence-electron chi connectivity index (χ2n) is 10.7. The van der Waals surface area contributed by atoms with Crippen LogP contribution in [-0.4, -0.2) is 0 Å². The molecule has 0 amide bonds. The lowest BCUT2D eigenvalue weighted by atomic mass is 9.62. The van der Waals surface area contributed by atoms with E-state index in [1.165, 1.54) is 55.7 Å². The number of hydrogen-bond donors (Lipinski definition) is 0. The highest BCUT2D eigenvalue weighted by atomic mass is 79.9. The van der Waals surface area contributed by atoms with Crippen molar-refractivity contribution in [2.75, 3.05) is 0 Å². The second-order valence-corrected chi connectivity index (χ2v) is 12.5. The maximum absolute atomic E-state index is 3.82. The van der Waals surface area contributed by atoms with Crippen molar-refractivity contribution in [2.45, 2.75) is 40.0 Å². The molecule has 170 valence electrons. The number of allylic oxidation sites excluding steroid dienone is 4. The van der Waals surface area contributed by atoms with Gasteiger partial charge in [-0.15, -0.1) is 0 Å². The van der Waals surface area contributed by atoms with Gasteiger partial charge in [-0.05, 0) is 105 Å². The van der Waals surface area contributed by atoms with E-state index < -0.39 is 0 Å². The summed E-state index contributed by atoms with van der Waals surface area (Å²) in [4.78, 5) is 0. The molecule has 0 saturated heterocycles. The van der Waals surface area contributed by atoms with Gasteiger partial charge in [-0.25, -0.2) is 0 Å². The minimum Gasteiger partial charge on any atom is -0.0779 e. The van der Waals surface area contributed by atoms with Gasteiger partial charge in [0.1, 0.15) is 0 Å². The number of benzene rings is 3. The molecule has 2 heteroatoms. The molecule has 1 atom stereocenters. The Morgan fingerprint density at radius 3 is 1.91 bits per heavy atom. The molecule has 0 saturated carbocycles. The molecule has 1 spiro atoms. The van der Waals surface area contributed by atoms with Gasteiger partial charge >= 0.3 is 0 Å². The van der Waals surface area contributed by atoms with E-state index in [-0.39, 0.29) is 10.8 Å². The summed E-state index contributed by atoms with van der Waals surface area (Å²) in [5.74, 6) is 0.411. The van der Waals surface area contributed by atoms with Gasteiger partial charge in [-0.2, -0.15) is 0 Å². The van der Waals surface area contributed by atoms with E-state index in [0.29, 0.717) is 5.92 Å². The molecule has 0 nitrogen and oxygen atoms in total. The first-order chi connectivity index (χ1) is 16.2. The van der Waals surface area contributed by atoms with Crippen molar-refractivity contribution in [3.05, 3.63) is 120 Å². The second kappa shape index (κ2) is 7.42. The third kappa shape index (κ3) is 2.82. The average Bonchev–Trinajstić information content (AvgIpc) is 3.02. The van der Waals surface area contributed by atoms with Crippen LogP contribution in [-0.2, 0) is 5.41 Å². The molecule has 3 aromatic carbocycles. The molecule has 0 heterocycles. The molecule has 34 heavy (non-hydrogen) atoms. The minimum absolute atomic E-state index is 0.0982. The Kier molecular flexibility index (Phi) is 4.87. The van der Waals surface area contributed by atoms with E-state index in [2.05, 4.69) is 139 Å². The smallest absolute Gasteiger partial charge is 0.0722 e. The summed E-state index contributed by atoms with van der Waals surface area (Å²) >= 11 is 7.63. The van der Waals surface area contributed by atoms with Gasteiger partial charge in [0, 0.05) is 8.95 Å². The average molecular weight is 572 g/mol. The van der Waals surface area contributed by atoms with Crippen molar-refractivity contribution >= 4 is 49.6 Å². The summed E-state index contributed by atoms with van der Waals surface area (Å²) in [6, 6.07) is 18.3. The van der Waals surface area contributed by atoms with Crippen LogP contribution in [0.4, 0.5) is 0 Å². The zero-order valence-electron chi connectivity index (χ0n) is 20.3. The summed E-state index contributed by atoms with van der Waals surface area (Å²) in [5, 5.41) is 0. The van der Waals surface area contributed by atoms with E-state index in [0.717, 1.165) is 8.95 Å².